The van der Waals surface area contributed by atoms with Gasteiger partial charge in [0.15, 0.2) is 0 Å². The smallest absolute Gasteiger partial charge is 0.0352 e. The van der Waals surface area contributed by atoms with Crippen LogP contribution in [0.25, 0.3) is 0 Å². The molecule has 0 N–H and O–H groups in total. The van der Waals surface area contributed by atoms with E-state index in [1.165, 1.54) is 5.57 Å². The van der Waals surface area contributed by atoms with E-state index < -0.39 is 0 Å². The summed E-state index contributed by atoms with van der Waals surface area (Å²) in [6.07, 6.45) is 6.27. The van der Waals surface area contributed by atoms with Crippen LogP contribution in [0.3, 0.4) is 0 Å². The lowest BCUT2D eigenvalue weighted by atomic mass is 10.2. The zero-order valence-corrected chi connectivity index (χ0v) is 9.78. The van der Waals surface area contributed by atoms with Crippen LogP contribution in [0.2, 0.25) is 0 Å². The Morgan fingerprint density at radius 3 is 1.25 bits per heavy atom. The van der Waals surface area contributed by atoms with Crippen molar-refractivity contribution < 1.29 is 0 Å². The van der Waals surface area contributed by atoms with Crippen molar-refractivity contribution in [1.29, 1.82) is 0 Å². The van der Waals surface area contributed by atoms with Gasteiger partial charge < -0.3 is 0 Å². The lowest BCUT2D eigenvalue weighted by molar-refractivity contribution is 0.986. The molecule has 0 amide bonds. The molecule has 0 radical (unpaired) electrons. The van der Waals surface area contributed by atoms with Gasteiger partial charge in [-0.15, -0.1) is 0 Å². The summed E-state index contributed by atoms with van der Waals surface area (Å²) in [6, 6.07) is 0. The van der Waals surface area contributed by atoms with Crippen LogP contribution in [-0.4, -0.2) is 0 Å². The second-order valence-corrected chi connectivity index (χ2v) is 2.12. The highest BCUT2D eigenvalue weighted by molar-refractivity contribution is 4.89. The third-order valence-corrected chi connectivity index (χ3v) is 1.33. The van der Waals surface area contributed by atoms with Crippen molar-refractivity contribution >= 4 is 0 Å². The van der Waals surface area contributed by atoms with E-state index in [0.717, 1.165) is 12.8 Å². The van der Waals surface area contributed by atoms with Crippen LogP contribution < -0.4 is 0 Å². The summed E-state index contributed by atoms with van der Waals surface area (Å²) in [7, 11) is 0. The van der Waals surface area contributed by atoms with Gasteiger partial charge in [-0.3, -0.25) is 0 Å². The van der Waals surface area contributed by atoms with E-state index in [2.05, 4.69) is 20.4 Å². The molecule has 0 nitrogen and oxygen atoms in total. The first-order valence-corrected chi connectivity index (χ1v) is 4.96. The van der Waals surface area contributed by atoms with Crippen molar-refractivity contribution in [2.24, 2.45) is 0 Å². The summed E-state index contributed by atoms with van der Waals surface area (Å²) in [5.41, 5.74) is 1.34. The second-order valence-electron chi connectivity index (χ2n) is 2.12. The molecule has 0 bridgehead atoms. The zero-order chi connectivity index (χ0) is 10.4. The van der Waals surface area contributed by atoms with Crippen LogP contribution in [0.5, 0.6) is 0 Å². The summed E-state index contributed by atoms with van der Waals surface area (Å²) < 4.78 is 0. The number of rotatable bonds is 2. The van der Waals surface area contributed by atoms with Crippen molar-refractivity contribution in [1.82, 2.24) is 0 Å². The molecular weight excluding hydrogens is 144 g/mol. The Kier molecular flexibility index (Phi) is 32.8. The van der Waals surface area contributed by atoms with Crippen molar-refractivity contribution in [2.75, 3.05) is 0 Å². The predicted molar refractivity (Wildman–Crippen MR) is 61.6 cm³/mol. The Balaban J connectivity index is -0.000000118. The number of allylic oxidation sites excluding steroid dienone is 3. The summed E-state index contributed by atoms with van der Waals surface area (Å²) in [6.45, 7) is 16.1. The second kappa shape index (κ2) is 22.4. The van der Waals surface area contributed by atoms with Gasteiger partial charge in [0.1, 0.15) is 0 Å². The standard InChI is InChI=1S/C6H12.C4H8.C2H6/c1-4-6(3)5-2;1-3-4-2;1-2/h3-5H2,1-2H3;3-4H,1-2H3;1-2H3/b;4-3-;. The third kappa shape index (κ3) is 34.0. The van der Waals surface area contributed by atoms with Gasteiger partial charge in [-0.25, -0.2) is 0 Å². The highest BCUT2D eigenvalue weighted by Crippen LogP contribution is 1.98. The lowest BCUT2D eigenvalue weighted by Crippen LogP contribution is -1.68. The molecule has 0 fully saturated rings. The normalized spacial score (nSPS) is 7.83. The predicted octanol–water partition coefficient (Wildman–Crippen LogP) is 4.97. The minimum absolute atomic E-state index is 1.14. The first-order valence-electron chi connectivity index (χ1n) is 4.96. The number of hydrogen-bond acceptors (Lipinski definition) is 0. The van der Waals surface area contributed by atoms with E-state index in [-0.39, 0.29) is 0 Å². The Morgan fingerprint density at radius 1 is 1.00 bits per heavy atom. The summed E-state index contributed by atoms with van der Waals surface area (Å²) in [4.78, 5) is 0. The highest BCUT2D eigenvalue weighted by atomic mass is 13.8. The molecule has 0 aliphatic rings. The molecule has 0 spiro atoms. The van der Waals surface area contributed by atoms with Gasteiger partial charge in [-0.05, 0) is 26.7 Å². The van der Waals surface area contributed by atoms with Crippen molar-refractivity contribution in [2.45, 2.75) is 54.4 Å². The average Bonchev–Trinajstić information content (AvgIpc) is 2.20. The Bertz CT molecular complexity index is 78.2. The third-order valence-electron chi connectivity index (χ3n) is 1.33. The maximum absolute atomic E-state index is 3.79. The molecule has 0 heterocycles. The fraction of sp³-hybridized carbons (Fsp3) is 0.667. The summed E-state index contributed by atoms with van der Waals surface area (Å²) >= 11 is 0. The van der Waals surface area contributed by atoms with E-state index in [0.29, 0.717) is 0 Å². The molecule has 0 aromatic heterocycles. The molecule has 0 heteroatoms. The van der Waals surface area contributed by atoms with Gasteiger partial charge in [-0.1, -0.05) is 52.0 Å². The van der Waals surface area contributed by atoms with Crippen LogP contribution in [0.1, 0.15) is 54.4 Å². The van der Waals surface area contributed by atoms with Crippen molar-refractivity contribution in [3.05, 3.63) is 24.3 Å². The Morgan fingerprint density at radius 2 is 1.25 bits per heavy atom. The topological polar surface area (TPSA) is 0 Å². The molecule has 0 saturated carbocycles. The zero-order valence-electron chi connectivity index (χ0n) is 9.78. The highest BCUT2D eigenvalue weighted by Gasteiger charge is 1.78. The minimum atomic E-state index is 1.14. The summed E-state index contributed by atoms with van der Waals surface area (Å²) in [5.74, 6) is 0. The maximum Gasteiger partial charge on any atom is -0.0352 e. The van der Waals surface area contributed by atoms with Crippen LogP contribution in [0.15, 0.2) is 24.3 Å². The lowest BCUT2D eigenvalue weighted by Gasteiger charge is -1.89. The van der Waals surface area contributed by atoms with Crippen LogP contribution in [-0.2, 0) is 0 Å². The van der Waals surface area contributed by atoms with Gasteiger partial charge in [0.25, 0.3) is 0 Å². The molecule has 74 valence electrons. The SMILES string of the molecule is C/C=C\C.C=C(CC)CC.CC. The quantitative estimate of drug-likeness (QED) is 0.513. The number of hydrogen-bond donors (Lipinski definition) is 0. The molecule has 0 atom stereocenters. The van der Waals surface area contributed by atoms with Crippen LogP contribution in [0, 0.1) is 0 Å². The van der Waals surface area contributed by atoms with E-state index in [1.807, 2.05) is 39.8 Å². The molecule has 0 aromatic rings. The van der Waals surface area contributed by atoms with E-state index in [1.54, 1.807) is 0 Å². The van der Waals surface area contributed by atoms with E-state index in [4.69, 9.17) is 0 Å². The molecule has 0 saturated heterocycles. The minimum Gasteiger partial charge on any atom is -0.0999 e. The van der Waals surface area contributed by atoms with Gasteiger partial charge >= 0.3 is 0 Å². The van der Waals surface area contributed by atoms with E-state index in [9.17, 15) is 0 Å². The van der Waals surface area contributed by atoms with Crippen LogP contribution >= 0.6 is 0 Å². The monoisotopic (exact) mass is 170 g/mol. The summed E-state index contributed by atoms with van der Waals surface area (Å²) in [5, 5.41) is 0. The Hall–Kier alpha value is -0.520. The molecule has 0 aromatic carbocycles. The molecule has 0 aliphatic carbocycles. The van der Waals surface area contributed by atoms with Gasteiger partial charge in [0, 0.05) is 0 Å². The molecular formula is C12H26. The Labute approximate surface area is 79.4 Å². The van der Waals surface area contributed by atoms with Gasteiger partial charge in [0.05, 0.1) is 0 Å². The first kappa shape index (κ1) is 17.5. The fourth-order valence-electron chi connectivity index (χ4n) is 0.250. The first-order chi connectivity index (χ1) is 5.72. The maximum atomic E-state index is 3.79. The van der Waals surface area contributed by atoms with Gasteiger partial charge in [-0.2, -0.15) is 0 Å². The van der Waals surface area contributed by atoms with Crippen LogP contribution in [0.4, 0.5) is 0 Å². The largest absolute Gasteiger partial charge is 0.0999 e. The molecule has 0 aliphatic heterocycles. The van der Waals surface area contributed by atoms with Crippen molar-refractivity contribution in [3.63, 3.8) is 0 Å². The van der Waals surface area contributed by atoms with Crippen molar-refractivity contribution in [3.8, 4) is 0 Å². The average molecular weight is 170 g/mol. The fourth-order valence-corrected chi connectivity index (χ4v) is 0.250. The molecule has 12 heavy (non-hydrogen) atoms. The van der Waals surface area contributed by atoms with E-state index >= 15 is 0 Å². The molecule has 0 unspecified atom stereocenters. The molecule has 0 rings (SSSR count). The van der Waals surface area contributed by atoms with Gasteiger partial charge in [0.2, 0.25) is 0 Å².